The second kappa shape index (κ2) is 7.13. The monoisotopic (exact) mass is 391 g/mol. The standard InChI is InChI=1S/C22H25N5O2/c1-13-7-8-15(21(28)24-16-9-10-16)11-17(13)27-12-23-19-18(14-5-3-2-4-6-14)25-22(29)26-20(19)27/h7-8,11-12,14,16H,2-6,9-10H2,1H3,(H,24,28)(H,25,26,29). The molecule has 2 heterocycles. The van der Waals surface area contributed by atoms with Gasteiger partial charge in [0, 0.05) is 17.5 Å². The minimum Gasteiger partial charge on any atom is -0.349 e. The van der Waals surface area contributed by atoms with Crippen LogP contribution in [0.15, 0.2) is 29.3 Å². The van der Waals surface area contributed by atoms with Gasteiger partial charge in [-0.05, 0) is 50.3 Å². The normalized spacial score (nSPS) is 17.6. The minimum atomic E-state index is -0.347. The molecule has 2 aliphatic carbocycles. The molecule has 7 heteroatoms. The number of fused-ring (bicyclic) bond motifs is 1. The Morgan fingerprint density at radius 2 is 1.97 bits per heavy atom. The molecule has 0 unspecified atom stereocenters. The highest BCUT2D eigenvalue weighted by Crippen LogP contribution is 2.34. The van der Waals surface area contributed by atoms with E-state index < -0.39 is 0 Å². The molecule has 0 atom stereocenters. The highest BCUT2D eigenvalue weighted by Gasteiger charge is 2.25. The highest BCUT2D eigenvalue weighted by molar-refractivity contribution is 5.95. The van der Waals surface area contributed by atoms with Crippen molar-refractivity contribution < 1.29 is 4.79 Å². The van der Waals surface area contributed by atoms with E-state index in [1.165, 1.54) is 19.3 Å². The zero-order chi connectivity index (χ0) is 20.0. The van der Waals surface area contributed by atoms with Crippen LogP contribution in [0.2, 0.25) is 0 Å². The summed E-state index contributed by atoms with van der Waals surface area (Å²) in [5.41, 5.74) is 4.29. The number of hydrogen-bond donors (Lipinski definition) is 2. The average molecular weight is 391 g/mol. The van der Waals surface area contributed by atoms with Crippen molar-refractivity contribution in [3.8, 4) is 5.69 Å². The van der Waals surface area contributed by atoms with Crippen LogP contribution in [0, 0.1) is 6.92 Å². The number of nitrogens with one attached hydrogen (secondary N) is 2. The van der Waals surface area contributed by atoms with Crippen molar-refractivity contribution in [1.29, 1.82) is 0 Å². The molecule has 2 saturated carbocycles. The molecule has 0 bridgehead atoms. The maximum absolute atomic E-state index is 12.5. The summed E-state index contributed by atoms with van der Waals surface area (Å²) >= 11 is 0. The summed E-state index contributed by atoms with van der Waals surface area (Å²) in [7, 11) is 0. The van der Waals surface area contributed by atoms with E-state index in [0.29, 0.717) is 23.2 Å². The maximum Gasteiger partial charge on any atom is 0.347 e. The quantitative estimate of drug-likeness (QED) is 0.713. The molecular weight excluding hydrogens is 366 g/mol. The Kier molecular flexibility index (Phi) is 4.45. The third kappa shape index (κ3) is 3.45. The molecule has 0 radical (unpaired) electrons. The predicted molar refractivity (Wildman–Crippen MR) is 111 cm³/mol. The molecule has 2 fully saturated rings. The second-order valence-electron chi connectivity index (χ2n) is 8.33. The molecule has 2 aromatic heterocycles. The van der Waals surface area contributed by atoms with E-state index in [9.17, 15) is 9.59 Å². The highest BCUT2D eigenvalue weighted by atomic mass is 16.2. The predicted octanol–water partition coefficient (Wildman–Crippen LogP) is 3.36. The number of aromatic nitrogens is 4. The van der Waals surface area contributed by atoms with Crippen LogP contribution in [0.4, 0.5) is 0 Å². The average Bonchev–Trinajstić information content (AvgIpc) is 3.45. The van der Waals surface area contributed by atoms with Gasteiger partial charge in [0.1, 0.15) is 11.8 Å². The third-order valence-electron chi connectivity index (χ3n) is 6.10. The molecule has 0 spiro atoms. The summed E-state index contributed by atoms with van der Waals surface area (Å²) in [6.07, 6.45) is 9.54. The SMILES string of the molecule is Cc1ccc(C(=O)NC2CC2)cc1-n1cnc2c(C3CCCCC3)[nH]c(=O)nc21. The van der Waals surface area contributed by atoms with Gasteiger partial charge >= 0.3 is 5.69 Å². The van der Waals surface area contributed by atoms with Crippen LogP contribution in [0.25, 0.3) is 16.9 Å². The van der Waals surface area contributed by atoms with Crippen molar-refractivity contribution >= 4 is 17.1 Å². The first-order chi connectivity index (χ1) is 14.1. The molecule has 7 nitrogen and oxygen atoms in total. The lowest BCUT2D eigenvalue weighted by atomic mass is 9.86. The van der Waals surface area contributed by atoms with Gasteiger partial charge in [0.05, 0.1) is 11.4 Å². The first-order valence-electron chi connectivity index (χ1n) is 10.5. The number of aryl methyl sites for hydroxylation is 1. The van der Waals surface area contributed by atoms with Crippen LogP contribution in [0.1, 0.15) is 72.5 Å². The number of imidazole rings is 1. The molecule has 0 aliphatic heterocycles. The van der Waals surface area contributed by atoms with Gasteiger partial charge in [-0.1, -0.05) is 25.3 Å². The molecule has 1 aromatic carbocycles. The van der Waals surface area contributed by atoms with Crippen LogP contribution in [0.5, 0.6) is 0 Å². The number of carbonyl (C=O) groups excluding carboxylic acids is 1. The lowest BCUT2D eigenvalue weighted by molar-refractivity contribution is 0.0951. The Bertz CT molecular complexity index is 1140. The first-order valence-corrected chi connectivity index (χ1v) is 10.5. The van der Waals surface area contributed by atoms with Crippen LogP contribution in [-0.2, 0) is 0 Å². The molecule has 1 amide bonds. The van der Waals surface area contributed by atoms with Crippen molar-refractivity contribution in [2.75, 3.05) is 0 Å². The number of carbonyl (C=O) groups is 1. The van der Waals surface area contributed by atoms with Crippen molar-refractivity contribution in [2.45, 2.75) is 63.8 Å². The molecule has 2 N–H and O–H groups in total. The number of aromatic amines is 1. The maximum atomic E-state index is 12.5. The van der Waals surface area contributed by atoms with Crippen LogP contribution in [-0.4, -0.2) is 31.5 Å². The number of benzene rings is 1. The molecule has 29 heavy (non-hydrogen) atoms. The fourth-order valence-corrected chi connectivity index (χ4v) is 4.31. The van der Waals surface area contributed by atoms with Gasteiger partial charge in [0.25, 0.3) is 5.91 Å². The molecule has 3 aromatic rings. The first kappa shape index (κ1) is 18.1. The number of hydrogen-bond acceptors (Lipinski definition) is 4. The lowest BCUT2D eigenvalue weighted by Crippen LogP contribution is -2.25. The largest absolute Gasteiger partial charge is 0.349 e. The van der Waals surface area contributed by atoms with Crippen molar-refractivity contribution in [3.63, 3.8) is 0 Å². The van der Waals surface area contributed by atoms with E-state index in [2.05, 4.69) is 20.3 Å². The number of nitrogens with zero attached hydrogens (tertiary/aromatic N) is 3. The smallest absolute Gasteiger partial charge is 0.347 e. The van der Waals surface area contributed by atoms with Gasteiger partial charge in [-0.2, -0.15) is 4.98 Å². The Morgan fingerprint density at radius 3 is 2.72 bits per heavy atom. The Labute approximate surface area is 168 Å². The fraction of sp³-hybridized carbons (Fsp3) is 0.455. The zero-order valence-electron chi connectivity index (χ0n) is 16.6. The van der Waals surface area contributed by atoms with E-state index >= 15 is 0 Å². The Morgan fingerprint density at radius 1 is 1.17 bits per heavy atom. The number of H-pyrrole nitrogens is 1. The summed E-state index contributed by atoms with van der Waals surface area (Å²) in [6, 6.07) is 5.93. The van der Waals surface area contributed by atoms with E-state index in [0.717, 1.165) is 48.1 Å². The topological polar surface area (TPSA) is 92.7 Å². The van der Waals surface area contributed by atoms with Crippen LogP contribution >= 0.6 is 0 Å². The van der Waals surface area contributed by atoms with Crippen LogP contribution < -0.4 is 11.0 Å². The van der Waals surface area contributed by atoms with Crippen molar-refractivity contribution in [3.05, 3.63) is 51.8 Å². The molecule has 150 valence electrons. The molecule has 2 aliphatic rings. The van der Waals surface area contributed by atoms with E-state index in [4.69, 9.17) is 0 Å². The van der Waals surface area contributed by atoms with Gasteiger partial charge in [0.15, 0.2) is 5.65 Å². The Balaban J connectivity index is 1.59. The van der Waals surface area contributed by atoms with Gasteiger partial charge in [-0.15, -0.1) is 0 Å². The van der Waals surface area contributed by atoms with E-state index in [-0.39, 0.29) is 11.6 Å². The molecule has 0 saturated heterocycles. The summed E-state index contributed by atoms with van der Waals surface area (Å²) in [5, 5.41) is 3.03. The van der Waals surface area contributed by atoms with Gasteiger partial charge in [0.2, 0.25) is 0 Å². The summed E-state index contributed by atoms with van der Waals surface area (Å²) in [5.74, 6) is 0.258. The molecular formula is C22H25N5O2. The lowest BCUT2D eigenvalue weighted by Gasteiger charge is -2.21. The van der Waals surface area contributed by atoms with E-state index in [1.807, 2.05) is 29.7 Å². The van der Waals surface area contributed by atoms with Gasteiger partial charge in [-0.25, -0.2) is 9.78 Å². The van der Waals surface area contributed by atoms with Crippen molar-refractivity contribution in [2.24, 2.45) is 0 Å². The molecule has 5 rings (SSSR count). The summed E-state index contributed by atoms with van der Waals surface area (Å²) in [6.45, 7) is 1.99. The Hall–Kier alpha value is -2.96. The number of rotatable bonds is 4. The minimum absolute atomic E-state index is 0.0631. The number of amides is 1. The summed E-state index contributed by atoms with van der Waals surface area (Å²) < 4.78 is 1.83. The van der Waals surface area contributed by atoms with Crippen molar-refractivity contribution in [1.82, 2.24) is 24.8 Å². The second-order valence-corrected chi connectivity index (χ2v) is 8.33. The third-order valence-corrected chi connectivity index (χ3v) is 6.10. The van der Waals surface area contributed by atoms with Gasteiger partial charge in [-0.3, -0.25) is 9.36 Å². The van der Waals surface area contributed by atoms with Gasteiger partial charge < -0.3 is 10.3 Å². The van der Waals surface area contributed by atoms with Crippen LogP contribution in [0.3, 0.4) is 0 Å². The van der Waals surface area contributed by atoms with E-state index in [1.54, 1.807) is 6.33 Å². The fourth-order valence-electron chi connectivity index (χ4n) is 4.31. The summed E-state index contributed by atoms with van der Waals surface area (Å²) in [4.78, 5) is 36.6. The zero-order valence-corrected chi connectivity index (χ0v) is 16.6.